The van der Waals surface area contributed by atoms with Gasteiger partial charge < -0.3 is 20.3 Å². The predicted molar refractivity (Wildman–Crippen MR) is 83.8 cm³/mol. The van der Waals surface area contributed by atoms with Crippen molar-refractivity contribution in [2.75, 3.05) is 29.9 Å². The second-order valence-corrected chi connectivity index (χ2v) is 4.55. The van der Waals surface area contributed by atoms with Crippen LogP contribution in [0.15, 0.2) is 24.3 Å². The monoisotopic (exact) mass is 307 g/mol. The number of nitrogens with zero attached hydrogens (tertiary/aromatic N) is 1. The van der Waals surface area contributed by atoms with Gasteiger partial charge in [-0.3, -0.25) is 9.59 Å². The fourth-order valence-corrected chi connectivity index (χ4v) is 1.85. The number of amides is 3. The third-order valence-electron chi connectivity index (χ3n) is 2.76. The van der Waals surface area contributed by atoms with Crippen molar-refractivity contribution in [3.8, 4) is 0 Å². The molecule has 0 radical (unpaired) electrons. The van der Waals surface area contributed by atoms with Crippen molar-refractivity contribution < 1.29 is 19.1 Å². The molecule has 0 aliphatic heterocycles. The summed E-state index contributed by atoms with van der Waals surface area (Å²) in [5.74, 6) is -0.298. The lowest BCUT2D eigenvalue weighted by Gasteiger charge is -2.21. The zero-order valence-electron chi connectivity index (χ0n) is 13.0. The van der Waals surface area contributed by atoms with Crippen LogP contribution in [-0.4, -0.2) is 37.6 Å². The zero-order valence-corrected chi connectivity index (χ0v) is 13.0. The molecule has 0 atom stereocenters. The summed E-state index contributed by atoms with van der Waals surface area (Å²) in [6.07, 6.45) is -0.507. The van der Waals surface area contributed by atoms with E-state index in [0.29, 0.717) is 24.5 Å². The fourth-order valence-electron chi connectivity index (χ4n) is 1.85. The molecule has 7 nitrogen and oxygen atoms in total. The van der Waals surface area contributed by atoms with E-state index < -0.39 is 6.09 Å². The molecule has 0 aliphatic rings. The smallest absolute Gasteiger partial charge is 0.407 e. The minimum atomic E-state index is -0.507. The number of carbonyl (C=O) groups excluding carboxylic acids is 3. The van der Waals surface area contributed by atoms with Crippen LogP contribution in [-0.2, 0) is 14.3 Å². The Morgan fingerprint density at radius 1 is 1.14 bits per heavy atom. The van der Waals surface area contributed by atoms with Crippen LogP contribution in [0.1, 0.15) is 20.8 Å². The van der Waals surface area contributed by atoms with Crippen LogP contribution >= 0.6 is 0 Å². The number of hydrogen-bond acceptors (Lipinski definition) is 4. The van der Waals surface area contributed by atoms with Gasteiger partial charge in [0.1, 0.15) is 0 Å². The first-order valence-corrected chi connectivity index (χ1v) is 7.00. The molecule has 3 amide bonds. The average molecular weight is 307 g/mol. The molecular weight excluding hydrogens is 286 g/mol. The summed E-state index contributed by atoms with van der Waals surface area (Å²) in [7, 11) is 0. The van der Waals surface area contributed by atoms with Crippen LogP contribution in [0.3, 0.4) is 0 Å². The summed E-state index contributed by atoms with van der Waals surface area (Å²) in [6.45, 7) is 5.51. The Balaban J connectivity index is 2.64. The highest BCUT2D eigenvalue weighted by molar-refractivity contribution is 5.92. The van der Waals surface area contributed by atoms with Crippen LogP contribution in [0.25, 0.3) is 0 Å². The van der Waals surface area contributed by atoms with Crippen molar-refractivity contribution in [1.82, 2.24) is 5.32 Å². The lowest BCUT2D eigenvalue weighted by molar-refractivity contribution is -0.116. The van der Waals surface area contributed by atoms with Gasteiger partial charge >= 0.3 is 6.09 Å². The molecule has 0 heterocycles. The molecule has 0 aromatic heterocycles. The number of ether oxygens (including phenoxy) is 1. The maximum absolute atomic E-state index is 11.7. The number of rotatable bonds is 6. The molecule has 1 rings (SSSR count). The molecule has 22 heavy (non-hydrogen) atoms. The van der Waals surface area contributed by atoms with E-state index in [1.165, 1.54) is 18.7 Å². The lowest BCUT2D eigenvalue weighted by atomic mass is 10.2. The van der Waals surface area contributed by atoms with Crippen molar-refractivity contribution in [2.45, 2.75) is 20.8 Å². The number of nitrogens with one attached hydrogen (secondary N) is 2. The number of carbonyl (C=O) groups is 3. The van der Waals surface area contributed by atoms with E-state index in [9.17, 15) is 14.4 Å². The zero-order chi connectivity index (χ0) is 16.5. The highest BCUT2D eigenvalue weighted by atomic mass is 16.5. The Hall–Kier alpha value is -2.57. The third-order valence-corrected chi connectivity index (χ3v) is 2.76. The van der Waals surface area contributed by atoms with Gasteiger partial charge in [-0.2, -0.15) is 0 Å². The summed E-state index contributed by atoms with van der Waals surface area (Å²) < 4.78 is 4.75. The van der Waals surface area contributed by atoms with Gasteiger partial charge in [-0.05, 0) is 31.2 Å². The fraction of sp³-hybridized carbons (Fsp3) is 0.400. The van der Waals surface area contributed by atoms with E-state index in [1.54, 1.807) is 31.2 Å². The molecule has 0 spiro atoms. The van der Waals surface area contributed by atoms with E-state index in [1.807, 2.05) is 0 Å². The van der Waals surface area contributed by atoms with Crippen molar-refractivity contribution in [3.63, 3.8) is 0 Å². The Morgan fingerprint density at radius 3 is 2.27 bits per heavy atom. The molecule has 0 bridgehead atoms. The highest BCUT2D eigenvalue weighted by Gasteiger charge is 2.12. The SMILES string of the molecule is CCOC(=O)NCCN(C(C)=O)c1ccc(NC(C)=O)cc1. The summed E-state index contributed by atoms with van der Waals surface area (Å²) in [5.41, 5.74) is 1.34. The lowest BCUT2D eigenvalue weighted by Crippen LogP contribution is -2.37. The second-order valence-electron chi connectivity index (χ2n) is 4.55. The van der Waals surface area contributed by atoms with Gasteiger partial charge in [-0.15, -0.1) is 0 Å². The molecule has 0 saturated heterocycles. The third kappa shape index (κ3) is 5.82. The van der Waals surface area contributed by atoms with Gasteiger partial charge in [0, 0.05) is 38.3 Å². The Bertz CT molecular complexity index is 528. The topological polar surface area (TPSA) is 87.7 Å². The average Bonchev–Trinajstić information content (AvgIpc) is 2.44. The van der Waals surface area contributed by atoms with Gasteiger partial charge in [0.2, 0.25) is 11.8 Å². The Labute approximate surface area is 129 Å². The van der Waals surface area contributed by atoms with Crippen LogP contribution in [0, 0.1) is 0 Å². The van der Waals surface area contributed by atoms with Gasteiger partial charge in [-0.25, -0.2) is 4.79 Å². The molecule has 7 heteroatoms. The van der Waals surface area contributed by atoms with Gasteiger partial charge in [0.25, 0.3) is 0 Å². The molecule has 1 aromatic carbocycles. The molecule has 0 unspecified atom stereocenters. The van der Waals surface area contributed by atoms with Crippen LogP contribution < -0.4 is 15.5 Å². The number of benzene rings is 1. The molecule has 120 valence electrons. The Morgan fingerprint density at radius 2 is 1.77 bits per heavy atom. The van der Waals surface area contributed by atoms with Gasteiger partial charge in [-0.1, -0.05) is 0 Å². The minimum absolute atomic E-state index is 0.141. The normalized spacial score (nSPS) is 9.77. The predicted octanol–water partition coefficient (Wildman–Crippen LogP) is 1.74. The quantitative estimate of drug-likeness (QED) is 0.838. The van der Waals surface area contributed by atoms with Crippen molar-refractivity contribution in [2.24, 2.45) is 0 Å². The maximum atomic E-state index is 11.7. The molecule has 0 fully saturated rings. The summed E-state index contributed by atoms with van der Waals surface area (Å²) >= 11 is 0. The minimum Gasteiger partial charge on any atom is -0.450 e. The van der Waals surface area contributed by atoms with Crippen molar-refractivity contribution in [3.05, 3.63) is 24.3 Å². The van der Waals surface area contributed by atoms with Gasteiger partial charge in [0.15, 0.2) is 0 Å². The largest absolute Gasteiger partial charge is 0.450 e. The first kappa shape index (κ1) is 17.5. The molecule has 2 N–H and O–H groups in total. The van der Waals surface area contributed by atoms with Crippen LogP contribution in [0.4, 0.5) is 16.2 Å². The molecular formula is C15H21N3O4. The molecule has 0 saturated carbocycles. The number of anilines is 2. The Kier molecular flexibility index (Phi) is 6.88. The molecule has 0 aliphatic carbocycles. The van der Waals surface area contributed by atoms with E-state index in [2.05, 4.69) is 10.6 Å². The standard InChI is InChI=1S/C15H21N3O4/c1-4-22-15(21)16-9-10-18(12(3)20)14-7-5-13(6-8-14)17-11(2)19/h5-8H,4,9-10H2,1-3H3,(H,16,21)(H,17,19). The van der Waals surface area contributed by atoms with E-state index in [4.69, 9.17) is 4.74 Å². The van der Waals surface area contributed by atoms with Gasteiger partial charge in [0.05, 0.1) is 6.61 Å². The first-order chi connectivity index (χ1) is 10.4. The molecule has 1 aromatic rings. The van der Waals surface area contributed by atoms with E-state index >= 15 is 0 Å². The summed E-state index contributed by atoms with van der Waals surface area (Å²) in [4.78, 5) is 35.4. The number of hydrogen-bond donors (Lipinski definition) is 2. The maximum Gasteiger partial charge on any atom is 0.407 e. The highest BCUT2D eigenvalue weighted by Crippen LogP contribution is 2.18. The van der Waals surface area contributed by atoms with E-state index in [-0.39, 0.29) is 18.4 Å². The van der Waals surface area contributed by atoms with E-state index in [0.717, 1.165) is 0 Å². The number of alkyl carbamates (subject to hydrolysis) is 1. The van der Waals surface area contributed by atoms with Crippen LogP contribution in [0.2, 0.25) is 0 Å². The van der Waals surface area contributed by atoms with Crippen molar-refractivity contribution in [1.29, 1.82) is 0 Å². The van der Waals surface area contributed by atoms with Crippen molar-refractivity contribution >= 4 is 29.3 Å². The van der Waals surface area contributed by atoms with Crippen LogP contribution in [0.5, 0.6) is 0 Å². The second kappa shape index (κ2) is 8.66. The summed E-state index contributed by atoms with van der Waals surface area (Å²) in [6, 6.07) is 6.89. The first-order valence-electron chi connectivity index (χ1n) is 7.00. The summed E-state index contributed by atoms with van der Waals surface area (Å²) in [5, 5.41) is 5.22.